The number of nitrogens with one attached hydrogen (secondary N) is 1. The minimum Gasteiger partial charge on any atom is -0.394 e. The molecule has 1 aliphatic rings. The van der Waals surface area contributed by atoms with Crippen molar-refractivity contribution in [1.82, 2.24) is 15.0 Å². The number of anilines is 3. The molecular formula is C13H24N6O2. The van der Waals surface area contributed by atoms with Gasteiger partial charge in [0.05, 0.1) is 25.9 Å². The van der Waals surface area contributed by atoms with Gasteiger partial charge in [-0.05, 0) is 13.8 Å². The summed E-state index contributed by atoms with van der Waals surface area (Å²) in [6.07, 6.45) is 0. The van der Waals surface area contributed by atoms with Crippen LogP contribution in [0.5, 0.6) is 0 Å². The monoisotopic (exact) mass is 296 g/mol. The zero-order chi connectivity index (χ0) is 15.2. The normalized spacial score (nSPS) is 16.7. The largest absolute Gasteiger partial charge is 0.394 e. The van der Waals surface area contributed by atoms with E-state index in [0.29, 0.717) is 31.1 Å². The average molecular weight is 296 g/mol. The average Bonchev–Trinajstić information content (AvgIpc) is 2.54. The van der Waals surface area contributed by atoms with Crippen LogP contribution in [-0.2, 0) is 4.74 Å². The van der Waals surface area contributed by atoms with Crippen molar-refractivity contribution in [3.8, 4) is 0 Å². The Morgan fingerprint density at radius 2 is 2.05 bits per heavy atom. The van der Waals surface area contributed by atoms with Crippen molar-refractivity contribution in [2.24, 2.45) is 0 Å². The van der Waals surface area contributed by atoms with E-state index in [2.05, 4.69) is 25.2 Å². The van der Waals surface area contributed by atoms with E-state index in [4.69, 9.17) is 4.74 Å². The van der Waals surface area contributed by atoms with E-state index in [1.807, 2.05) is 25.8 Å². The minimum absolute atomic E-state index is 0.0472. The lowest BCUT2D eigenvalue weighted by Crippen LogP contribution is -2.38. The highest BCUT2D eigenvalue weighted by atomic mass is 16.5. The van der Waals surface area contributed by atoms with Crippen molar-refractivity contribution in [2.45, 2.75) is 19.9 Å². The Hall–Kier alpha value is -1.67. The molecule has 1 fully saturated rings. The molecule has 1 unspecified atom stereocenters. The lowest BCUT2D eigenvalue weighted by molar-refractivity contribution is 0.122. The van der Waals surface area contributed by atoms with Gasteiger partial charge in [-0.15, -0.1) is 0 Å². The number of aromatic nitrogens is 3. The number of aliphatic hydroxyl groups excluding tert-OH is 1. The highest BCUT2D eigenvalue weighted by Crippen LogP contribution is 2.18. The van der Waals surface area contributed by atoms with Gasteiger partial charge in [0.15, 0.2) is 0 Å². The van der Waals surface area contributed by atoms with Crippen LogP contribution in [0, 0.1) is 0 Å². The molecule has 21 heavy (non-hydrogen) atoms. The van der Waals surface area contributed by atoms with Crippen LogP contribution in [0.3, 0.4) is 0 Å². The highest BCUT2D eigenvalue weighted by molar-refractivity contribution is 5.45. The van der Waals surface area contributed by atoms with E-state index >= 15 is 0 Å². The molecule has 2 N–H and O–H groups in total. The van der Waals surface area contributed by atoms with Crippen molar-refractivity contribution in [2.75, 3.05) is 61.6 Å². The van der Waals surface area contributed by atoms with Crippen molar-refractivity contribution >= 4 is 17.8 Å². The third kappa shape index (κ3) is 3.92. The molecule has 1 aromatic rings. The maximum atomic E-state index is 9.30. The lowest BCUT2D eigenvalue weighted by Gasteiger charge is -2.29. The van der Waals surface area contributed by atoms with Crippen LogP contribution >= 0.6 is 0 Å². The predicted octanol–water partition coefficient (Wildman–Crippen LogP) is -0.0430. The first-order valence-electron chi connectivity index (χ1n) is 7.32. The van der Waals surface area contributed by atoms with Gasteiger partial charge < -0.3 is 25.0 Å². The summed E-state index contributed by atoms with van der Waals surface area (Å²) in [5.74, 6) is 1.77. The van der Waals surface area contributed by atoms with Crippen LogP contribution in [0.1, 0.15) is 13.8 Å². The second-order valence-corrected chi connectivity index (χ2v) is 5.03. The number of aliphatic hydroxyl groups is 1. The van der Waals surface area contributed by atoms with Crippen molar-refractivity contribution in [3.05, 3.63) is 0 Å². The van der Waals surface area contributed by atoms with Gasteiger partial charge in [-0.3, -0.25) is 0 Å². The SMILES string of the molecule is CCNc1nc(N2CCOCC2)nc(N(C)C(C)CO)n1. The lowest BCUT2D eigenvalue weighted by atomic mass is 10.3. The second kappa shape index (κ2) is 7.37. The minimum atomic E-state index is -0.0561. The summed E-state index contributed by atoms with van der Waals surface area (Å²) in [4.78, 5) is 17.3. The van der Waals surface area contributed by atoms with E-state index in [-0.39, 0.29) is 12.6 Å². The quantitative estimate of drug-likeness (QED) is 0.756. The van der Waals surface area contributed by atoms with Gasteiger partial charge in [-0.1, -0.05) is 0 Å². The van der Waals surface area contributed by atoms with Crippen LogP contribution in [0.4, 0.5) is 17.8 Å². The molecule has 8 heteroatoms. The first-order chi connectivity index (χ1) is 10.2. The fourth-order valence-electron chi connectivity index (χ4n) is 1.97. The van der Waals surface area contributed by atoms with Crippen LogP contribution in [0.2, 0.25) is 0 Å². The number of hydrogen-bond donors (Lipinski definition) is 2. The number of morpholine rings is 1. The number of likely N-dealkylation sites (N-methyl/N-ethyl adjacent to an activating group) is 1. The molecule has 8 nitrogen and oxygen atoms in total. The Bertz CT molecular complexity index is 432. The van der Waals surface area contributed by atoms with Crippen LogP contribution in [-0.4, -0.2) is 72.6 Å². The van der Waals surface area contributed by atoms with Crippen molar-refractivity contribution in [1.29, 1.82) is 0 Å². The van der Waals surface area contributed by atoms with E-state index in [0.717, 1.165) is 19.6 Å². The number of nitrogens with zero attached hydrogens (tertiary/aromatic N) is 5. The summed E-state index contributed by atoms with van der Waals surface area (Å²) < 4.78 is 5.36. The van der Waals surface area contributed by atoms with Gasteiger partial charge in [0, 0.05) is 26.7 Å². The summed E-state index contributed by atoms with van der Waals surface area (Å²) in [7, 11) is 1.87. The van der Waals surface area contributed by atoms with Gasteiger partial charge in [0.2, 0.25) is 17.8 Å². The molecule has 0 aromatic carbocycles. The molecule has 2 rings (SSSR count). The van der Waals surface area contributed by atoms with Gasteiger partial charge in [0.1, 0.15) is 0 Å². The molecule has 118 valence electrons. The summed E-state index contributed by atoms with van der Waals surface area (Å²) in [6.45, 7) is 7.61. The zero-order valence-corrected chi connectivity index (χ0v) is 12.9. The fourth-order valence-corrected chi connectivity index (χ4v) is 1.97. The molecule has 0 spiro atoms. The first kappa shape index (κ1) is 15.7. The Balaban J connectivity index is 2.28. The molecule has 0 saturated carbocycles. The molecule has 1 aliphatic heterocycles. The smallest absolute Gasteiger partial charge is 0.232 e. The van der Waals surface area contributed by atoms with Gasteiger partial charge in [0.25, 0.3) is 0 Å². The Labute approximate surface area is 125 Å². The molecule has 1 atom stereocenters. The molecule has 2 heterocycles. The van der Waals surface area contributed by atoms with E-state index < -0.39 is 0 Å². The molecule has 0 aliphatic carbocycles. The van der Waals surface area contributed by atoms with Crippen molar-refractivity contribution in [3.63, 3.8) is 0 Å². The summed E-state index contributed by atoms with van der Waals surface area (Å²) >= 11 is 0. The molecule has 0 radical (unpaired) electrons. The summed E-state index contributed by atoms with van der Waals surface area (Å²) in [5, 5.41) is 12.4. The number of hydrogen-bond acceptors (Lipinski definition) is 8. The van der Waals surface area contributed by atoms with Gasteiger partial charge in [-0.2, -0.15) is 15.0 Å². The van der Waals surface area contributed by atoms with Gasteiger partial charge >= 0.3 is 0 Å². The zero-order valence-electron chi connectivity index (χ0n) is 12.9. The topological polar surface area (TPSA) is 86.6 Å². The van der Waals surface area contributed by atoms with Gasteiger partial charge in [-0.25, -0.2) is 0 Å². The first-order valence-corrected chi connectivity index (χ1v) is 7.32. The second-order valence-electron chi connectivity index (χ2n) is 5.03. The standard InChI is InChI=1S/C13H24N6O2/c1-4-14-11-15-12(18(3)10(2)9-20)17-13(16-11)19-5-7-21-8-6-19/h10,20H,4-9H2,1-3H3,(H,14,15,16,17). The number of rotatable bonds is 6. The maximum Gasteiger partial charge on any atom is 0.232 e. The van der Waals surface area contributed by atoms with E-state index in [1.54, 1.807) is 0 Å². The third-order valence-electron chi connectivity index (χ3n) is 3.48. The molecule has 1 aromatic heterocycles. The highest BCUT2D eigenvalue weighted by Gasteiger charge is 2.19. The molecular weight excluding hydrogens is 272 g/mol. The van der Waals surface area contributed by atoms with E-state index in [9.17, 15) is 5.11 Å². The Morgan fingerprint density at radius 1 is 1.33 bits per heavy atom. The van der Waals surface area contributed by atoms with Crippen LogP contribution in [0.25, 0.3) is 0 Å². The predicted molar refractivity (Wildman–Crippen MR) is 82.0 cm³/mol. The van der Waals surface area contributed by atoms with Crippen LogP contribution in [0.15, 0.2) is 0 Å². The Morgan fingerprint density at radius 3 is 2.67 bits per heavy atom. The Kier molecular flexibility index (Phi) is 5.51. The molecule has 1 saturated heterocycles. The number of ether oxygens (including phenoxy) is 1. The third-order valence-corrected chi connectivity index (χ3v) is 3.48. The molecule has 0 bridgehead atoms. The fraction of sp³-hybridized carbons (Fsp3) is 0.769. The maximum absolute atomic E-state index is 9.30. The summed E-state index contributed by atoms with van der Waals surface area (Å²) in [6, 6.07) is -0.0561. The van der Waals surface area contributed by atoms with Crippen LogP contribution < -0.4 is 15.1 Å². The summed E-state index contributed by atoms with van der Waals surface area (Å²) in [5.41, 5.74) is 0. The van der Waals surface area contributed by atoms with E-state index in [1.165, 1.54) is 0 Å². The van der Waals surface area contributed by atoms with Crippen molar-refractivity contribution < 1.29 is 9.84 Å². The molecule has 0 amide bonds.